The molecule has 1 heterocycles. The molecular weight excluding hydrogens is 246 g/mol. The van der Waals surface area contributed by atoms with Gasteiger partial charge < -0.3 is 5.32 Å². The number of hydrogen-bond acceptors (Lipinski definition) is 4. The van der Waals surface area contributed by atoms with E-state index in [4.69, 9.17) is 0 Å². The number of carbonyl (C=O) groups is 1. The monoisotopic (exact) mass is 261 g/mol. The van der Waals surface area contributed by atoms with Crippen LogP contribution in [0.3, 0.4) is 0 Å². The lowest BCUT2D eigenvalue weighted by atomic mass is 10.1. The third kappa shape index (κ3) is 2.73. The molecule has 0 fully saturated rings. The highest BCUT2D eigenvalue weighted by molar-refractivity contribution is 7.08. The quantitative estimate of drug-likeness (QED) is 0.920. The van der Waals surface area contributed by atoms with Crippen molar-refractivity contribution in [3.63, 3.8) is 0 Å². The van der Waals surface area contributed by atoms with Crippen molar-refractivity contribution in [3.8, 4) is 11.3 Å². The molecule has 4 nitrogen and oxygen atoms in total. The van der Waals surface area contributed by atoms with Gasteiger partial charge in [0.2, 0.25) is 0 Å². The standard InChI is InChI=1S/C13H15N3OS/c1-3-9(2)14-13(17)12-11(15-16-18-12)10-7-5-4-6-8-10/h4-9H,3H2,1-2H3,(H,14,17)/t9-/m0/s1. The van der Waals surface area contributed by atoms with Crippen LogP contribution in [0.2, 0.25) is 0 Å². The van der Waals surface area contributed by atoms with Gasteiger partial charge in [-0.25, -0.2) is 0 Å². The summed E-state index contributed by atoms with van der Waals surface area (Å²) in [7, 11) is 0. The second-order valence-electron chi connectivity index (χ2n) is 4.10. The normalized spacial score (nSPS) is 12.1. The summed E-state index contributed by atoms with van der Waals surface area (Å²) in [5.74, 6) is -0.0989. The minimum atomic E-state index is -0.0989. The first-order chi connectivity index (χ1) is 8.72. The highest BCUT2D eigenvalue weighted by atomic mass is 32.1. The summed E-state index contributed by atoms with van der Waals surface area (Å²) in [4.78, 5) is 12.7. The van der Waals surface area contributed by atoms with E-state index in [0.29, 0.717) is 10.6 Å². The number of nitrogens with zero attached hydrogens (tertiary/aromatic N) is 2. The predicted octanol–water partition coefficient (Wildman–Crippen LogP) is 2.73. The van der Waals surface area contributed by atoms with Gasteiger partial charge in [0.25, 0.3) is 5.91 Å². The molecule has 1 atom stereocenters. The zero-order valence-electron chi connectivity index (χ0n) is 10.4. The maximum Gasteiger partial charge on any atom is 0.265 e. The van der Waals surface area contributed by atoms with E-state index in [1.807, 2.05) is 44.2 Å². The summed E-state index contributed by atoms with van der Waals surface area (Å²) in [6.45, 7) is 4.02. The largest absolute Gasteiger partial charge is 0.349 e. The fraction of sp³-hybridized carbons (Fsp3) is 0.308. The molecule has 94 valence electrons. The minimum absolute atomic E-state index is 0.0989. The lowest BCUT2D eigenvalue weighted by molar-refractivity contribution is 0.0944. The summed E-state index contributed by atoms with van der Waals surface area (Å²) in [5.41, 5.74) is 1.57. The van der Waals surface area contributed by atoms with Gasteiger partial charge in [0.1, 0.15) is 10.6 Å². The average Bonchev–Trinajstić information content (AvgIpc) is 2.88. The van der Waals surface area contributed by atoms with Crippen LogP contribution in [0.15, 0.2) is 30.3 Å². The van der Waals surface area contributed by atoms with Gasteiger partial charge in [-0.2, -0.15) is 0 Å². The molecule has 2 aromatic rings. The number of benzene rings is 1. The van der Waals surface area contributed by atoms with Crippen LogP contribution in [0, 0.1) is 0 Å². The van der Waals surface area contributed by atoms with Crippen LogP contribution < -0.4 is 5.32 Å². The first kappa shape index (κ1) is 12.7. The van der Waals surface area contributed by atoms with Crippen molar-refractivity contribution >= 4 is 17.4 Å². The highest BCUT2D eigenvalue weighted by Gasteiger charge is 2.18. The second-order valence-corrected chi connectivity index (χ2v) is 4.85. The van der Waals surface area contributed by atoms with Crippen molar-refractivity contribution < 1.29 is 4.79 Å². The molecule has 0 aliphatic heterocycles. The highest BCUT2D eigenvalue weighted by Crippen LogP contribution is 2.23. The molecule has 0 radical (unpaired) electrons. The molecule has 0 saturated heterocycles. The van der Waals surface area contributed by atoms with Gasteiger partial charge in [-0.1, -0.05) is 41.7 Å². The average molecular weight is 261 g/mol. The Morgan fingerprint density at radius 3 is 2.78 bits per heavy atom. The van der Waals surface area contributed by atoms with Crippen LogP contribution >= 0.6 is 11.5 Å². The number of carbonyl (C=O) groups excluding carboxylic acids is 1. The molecule has 1 amide bonds. The fourth-order valence-corrected chi connectivity index (χ4v) is 2.11. The molecule has 5 heteroatoms. The molecule has 1 aromatic heterocycles. The maximum atomic E-state index is 12.1. The Labute approximate surface area is 110 Å². The summed E-state index contributed by atoms with van der Waals surface area (Å²) >= 11 is 1.13. The lowest BCUT2D eigenvalue weighted by Crippen LogP contribution is -2.31. The number of rotatable bonds is 4. The molecule has 0 unspecified atom stereocenters. The van der Waals surface area contributed by atoms with Crippen molar-refractivity contribution in [2.24, 2.45) is 0 Å². The van der Waals surface area contributed by atoms with E-state index in [1.165, 1.54) is 0 Å². The van der Waals surface area contributed by atoms with Crippen LogP contribution in [0.25, 0.3) is 11.3 Å². The van der Waals surface area contributed by atoms with Gasteiger partial charge in [0.05, 0.1) is 0 Å². The Balaban J connectivity index is 2.26. The first-order valence-electron chi connectivity index (χ1n) is 5.91. The van der Waals surface area contributed by atoms with E-state index in [-0.39, 0.29) is 11.9 Å². The lowest BCUT2D eigenvalue weighted by Gasteiger charge is -2.10. The Bertz CT molecular complexity index is 524. The molecule has 1 N–H and O–H groups in total. The van der Waals surface area contributed by atoms with E-state index in [9.17, 15) is 4.79 Å². The van der Waals surface area contributed by atoms with Crippen molar-refractivity contribution in [2.75, 3.05) is 0 Å². The molecule has 0 aliphatic carbocycles. The van der Waals surface area contributed by atoms with Gasteiger partial charge in [0.15, 0.2) is 0 Å². The molecule has 0 bridgehead atoms. The van der Waals surface area contributed by atoms with Gasteiger partial charge in [-0.15, -0.1) is 5.10 Å². The number of amides is 1. The summed E-state index contributed by atoms with van der Waals surface area (Å²) in [6.07, 6.45) is 0.901. The van der Waals surface area contributed by atoms with E-state index in [1.54, 1.807) is 0 Å². The summed E-state index contributed by atoms with van der Waals surface area (Å²) < 4.78 is 3.88. The van der Waals surface area contributed by atoms with Crippen LogP contribution in [0.1, 0.15) is 29.9 Å². The Morgan fingerprint density at radius 2 is 2.11 bits per heavy atom. The van der Waals surface area contributed by atoms with E-state index in [2.05, 4.69) is 14.9 Å². The van der Waals surface area contributed by atoms with Gasteiger partial charge in [-0.3, -0.25) is 4.79 Å². The van der Waals surface area contributed by atoms with Gasteiger partial charge >= 0.3 is 0 Å². The minimum Gasteiger partial charge on any atom is -0.349 e. The third-order valence-corrected chi connectivity index (χ3v) is 3.46. The summed E-state index contributed by atoms with van der Waals surface area (Å²) in [5, 5.41) is 6.98. The van der Waals surface area contributed by atoms with Crippen LogP contribution in [0.5, 0.6) is 0 Å². The van der Waals surface area contributed by atoms with Gasteiger partial charge in [0, 0.05) is 11.6 Å². The molecular formula is C13H15N3OS. The van der Waals surface area contributed by atoms with E-state index in [0.717, 1.165) is 23.5 Å². The number of nitrogens with one attached hydrogen (secondary N) is 1. The van der Waals surface area contributed by atoms with E-state index < -0.39 is 0 Å². The Hall–Kier alpha value is -1.75. The van der Waals surface area contributed by atoms with Crippen molar-refractivity contribution in [3.05, 3.63) is 35.2 Å². The second kappa shape index (κ2) is 5.73. The summed E-state index contributed by atoms with van der Waals surface area (Å²) in [6, 6.07) is 9.79. The Kier molecular flexibility index (Phi) is 4.04. The van der Waals surface area contributed by atoms with E-state index >= 15 is 0 Å². The van der Waals surface area contributed by atoms with Crippen LogP contribution in [0.4, 0.5) is 0 Å². The first-order valence-corrected chi connectivity index (χ1v) is 6.68. The Morgan fingerprint density at radius 1 is 1.39 bits per heavy atom. The zero-order valence-corrected chi connectivity index (χ0v) is 11.2. The SMILES string of the molecule is CC[C@H](C)NC(=O)c1snnc1-c1ccccc1. The molecule has 18 heavy (non-hydrogen) atoms. The number of aromatic nitrogens is 2. The maximum absolute atomic E-state index is 12.1. The molecule has 2 rings (SSSR count). The van der Waals surface area contributed by atoms with Crippen LogP contribution in [-0.2, 0) is 0 Å². The molecule has 1 aromatic carbocycles. The van der Waals surface area contributed by atoms with Crippen molar-refractivity contribution in [2.45, 2.75) is 26.3 Å². The third-order valence-electron chi connectivity index (χ3n) is 2.73. The van der Waals surface area contributed by atoms with Crippen LogP contribution in [-0.4, -0.2) is 21.5 Å². The molecule has 0 saturated carbocycles. The predicted molar refractivity (Wildman–Crippen MR) is 72.6 cm³/mol. The topological polar surface area (TPSA) is 54.9 Å². The zero-order chi connectivity index (χ0) is 13.0. The van der Waals surface area contributed by atoms with Crippen molar-refractivity contribution in [1.29, 1.82) is 0 Å². The molecule has 0 spiro atoms. The van der Waals surface area contributed by atoms with Crippen molar-refractivity contribution in [1.82, 2.24) is 14.9 Å². The molecule has 0 aliphatic rings. The smallest absolute Gasteiger partial charge is 0.265 e. The fourth-order valence-electron chi connectivity index (χ4n) is 1.52. The van der Waals surface area contributed by atoms with Gasteiger partial charge in [-0.05, 0) is 24.9 Å². The number of hydrogen-bond donors (Lipinski definition) is 1.